The molecule has 1 aliphatic heterocycles. The minimum atomic E-state index is -4.51. The van der Waals surface area contributed by atoms with Crippen molar-refractivity contribution in [1.29, 1.82) is 0 Å². The molecule has 1 aliphatic carbocycles. The average molecular weight is 559 g/mol. The minimum absolute atomic E-state index is 0.0399. The Morgan fingerprint density at radius 3 is 2.59 bits per heavy atom. The molecule has 2 fully saturated rings. The fourth-order valence-corrected chi connectivity index (χ4v) is 6.26. The Kier molecular flexibility index (Phi) is 6.48. The Morgan fingerprint density at radius 1 is 1.19 bits per heavy atom. The van der Waals surface area contributed by atoms with Crippen molar-refractivity contribution in [2.24, 2.45) is 0 Å². The number of carbonyl (C=O) groups excluding carboxylic acids is 1. The largest absolute Gasteiger partial charge is 0.416 e. The van der Waals surface area contributed by atoms with Crippen molar-refractivity contribution in [1.82, 2.24) is 19.4 Å². The first-order valence-corrected chi connectivity index (χ1v) is 13.6. The lowest BCUT2D eigenvalue weighted by atomic mass is 10.1. The van der Waals surface area contributed by atoms with Crippen molar-refractivity contribution in [2.75, 3.05) is 13.1 Å². The highest BCUT2D eigenvalue weighted by Gasteiger charge is 2.38. The molecule has 1 atom stereocenters. The van der Waals surface area contributed by atoms with Gasteiger partial charge in [0.2, 0.25) is 10.0 Å². The number of nitrogens with one attached hydrogen (secondary N) is 1. The second kappa shape index (κ2) is 9.25. The number of hydrogen-bond donors (Lipinski definition) is 1. The van der Waals surface area contributed by atoms with E-state index >= 15 is 0 Å². The van der Waals surface area contributed by atoms with Gasteiger partial charge in [-0.2, -0.15) is 18.3 Å². The van der Waals surface area contributed by atoms with Gasteiger partial charge < -0.3 is 0 Å². The summed E-state index contributed by atoms with van der Waals surface area (Å²) in [5, 5.41) is 4.59. The molecule has 0 unspecified atom stereocenters. The van der Waals surface area contributed by atoms with Crippen molar-refractivity contribution in [3.63, 3.8) is 0 Å². The summed E-state index contributed by atoms with van der Waals surface area (Å²) >= 11 is 5.95. The van der Waals surface area contributed by atoms with Gasteiger partial charge in [-0.05, 0) is 56.0 Å². The lowest BCUT2D eigenvalue weighted by Gasteiger charge is -2.20. The molecular formula is C24H23ClF4N4O3S. The Balaban J connectivity index is 1.38. The smallest absolute Gasteiger partial charge is 0.297 e. The predicted octanol–water partition coefficient (Wildman–Crippen LogP) is 4.83. The number of fused-ring (bicyclic) bond motifs is 1. The van der Waals surface area contributed by atoms with Gasteiger partial charge in [-0.3, -0.25) is 14.4 Å². The molecule has 13 heteroatoms. The van der Waals surface area contributed by atoms with E-state index in [9.17, 15) is 30.8 Å². The molecule has 1 saturated heterocycles. The van der Waals surface area contributed by atoms with E-state index in [1.165, 1.54) is 18.2 Å². The van der Waals surface area contributed by atoms with Crippen LogP contribution in [0.2, 0.25) is 5.02 Å². The number of carbonyl (C=O) groups is 1. The standard InChI is InChI=1S/C24H23ClF4N4O3S/c1-13-18-9-19(23(34)31-37(35,36)17-3-4-17)21(26)10-22(18)33(30-13)16-6-7-32(12-16)11-14-8-15(25)2-5-20(14)24(27,28)29/h2,5,8-10,16-17H,3-4,6-7,11-12H2,1H3,(H,31,34)/t16-/m1/s1. The normalized spacial score (nSPS) is 19.0. The van der Waals surface area contributed by atoms with Crippen LogP contribution in [-0.2, 0) is 22.7 Å². The number of alkyl halides is 3. The first kappa shape index (κ1) is 25.9. The highest BCUT2D eigenvalue weighted by molar-refractivity contribution is 7.91. The molecule has 0 bridgehead atoms. The number of aromatic nitrogens is 2. The summed E-state index contributed by atoms with van der Waals surface area (Å²) in [6, 6.07) is 5.70. The number of halogens is 5. The maximum Gasteiger partial charge on any atom is 0.416 e. The molecule has 1 aromatic heterocycles. The number of hydrogen-bond acceptors (Lipinski definition) is 5. The predicted molar refractivity (Wildman–Crippen MR) is 129 cm³/mol. The lowest BCUT2D eigenvalue weighted by Crippen LogP contribution is -2.33. The monoisotopic (exact) mass is 558 g/mol. The van der Waals surface area contributed by atoms with E-state index in [1.54, 1.807) is 11.6 Å². The molecule has 1 amide bonds. The van der Waals surface area contributed by atoms with Gasteiger partial charge in [0.05, 0.1) is 33.6 Å². The number of nitrogens with zero attached hydrogens (tertiary/aromatic N) is 3. The maximum atomic E-state index is 15.0. The molecule has 2 heterocycles. The zero-order chi connectivity index (χ0) is 26.7. The fourth-order valence-electron chi connectivity index (χ4n) is 4.78. The fraction of sp³-hybridized carbons (Fsp3) is 0.417. The van der Waals surface area contributed by atoms with Crippen molar-refractivity contribution in [2.45, 2.75) is 50.2 Å². The van der Waals surface area contributed by atoms with Gasteiger partial charge in [0.1, 0.15) is 5.82 Å². The highest BCUT2D eigenvalue weighted by atomic mass is 35.5. The van der Waals surface area contributed by atoms with Crippen LogP contribution >= 0.6 is 11.6 Å². The van der Waals surface area contributed by atoms with Crippen LogP contribution in [0.1, 0.15) is 52.5 Å². The summed E-state index contributed by atoms with van der Waals surface area (Å²) in [4.78, 5) is 14.4. The summed E-state index contributed by atoms with van der Waals surface area (Å²) in [5.41, 5.74) is -0.126. The quantitative estimate of drug-likeness (QED) is 0.438. The third-order valence-electron chi connectivity index (χ3n) is 6.78. The van der Waals surface area contributed by atoms with E-state index in [0.717, 1.165) is 12.1 Å². The molecule has 1 N–H and O–H groups in total. The average Bonchev–Trinajstić information content (AvgIpc) is 3.49. The van der Waals surface area contributed by atoms with E-state index in [4.69, 9.17) is 11.6 Å². The molecule has 7 nitrogen and oxygen atoms in total. The van der Waals surface area contributed by atoms with E-state index in [1.807, 2.05) is 9.62 Å². The SMILES string of the molecule is Cc1nn([C@@H]2CCN(Cc3cc(Cl)ccc3C(F)(F)F)C2)c2cc(F)c(C(=O)NS(=O)(=O)C3CC3)cc12. The van der Waals surface area contributed by atoms with Gasteiger partial charge in [0.15, 0.2) is 0 Å². The lowest BCUT2D eigenvalue weighted by molar-refractivity contribution is -0.138. The number of likely N-dealkylation sites (tertiary alicyclic amines) is 1. The van der Waals surface area contributed by atoms with Crippen LogP contribution < -0.4 is 4.72 Å². The second-order valence-corrected chi connectivity index (χ2v) is 11.9. The number of benzene rings is 2. The molecule has 2 aliphatic rings. The van der Waals surface area contributed by atoms with E-state index in [0.29, 0.717) is 48.9 Å². The van der Waals surface area contributed by atoms with Gasteiger partial charge in [0, 0.05) is 36.1 Å². The molecule has 1 saturated carbocycles. The maximum absolute atomic E-state index is 15.0. The Hall–Kier alpha value is -2.70. The van der Waals surface area contributed by atoms with Crippen LogP contribution in [0, 0.1) is 12.7 Å². The zero-order valence-corrected chi connectivity index (χ0v) is 21.2. The Bertz CT molecular complexity index is 1500. The topological polar surface area (TPSA) is 84.3 Å². The summed E-state index contributed by atoms with van der Waals surface area (Å²) in [6.45, 7) is 2.60. The van der Waals surface area contributed by atoms with Crippen LogP contribution in [0.15, 0.2) is 30.3 Å². The molecule has 37 heavy (non-hydrogen) atoms. The number of rotatable bonds is 6. The van der Waals surface area contributed by atoms with E-state index in [-0.39, 0.29) is 23.2 Å². The van der Waals surface area contributed by atoms with Crippen LogP contribution in [0.5, 0.6) is 0 Å². The van der Waals surface area contributed by atoms with Crippen molar-refractivity contribution in [3.8, 4) is 0 Å². The summed E-state index contributed by atoms with van der Waals surface area (Å²) in [5.74, 6) is -1.92. The Labute approximate surface area is 215 Å². The molecule has 2 aromatic carbocycles. The van der Waals surface area contributed by atoms with Crippen LogP contribution in [-0.4, -0.2) is 47.3 Å². The molecule has 0 spiro atoms. The minimum Gasteiger partial charge on any atom is -0.297 e. The first-order chi connectivity index (χ1) is 17.3. The molecule has 198 valence electrons. The third kappa shape index (κ3) is 5.19. The second-order valence-electron chi connectivity index (χ2n) is 9.53. The summed E-state index contributed by atoms with van der Waals surface area (Å²) < 4.78 is 83.1. The van der Waals surface area contributed by atoms with Gasteiger partial charge in [-0.25, -0.2) is 17.5 Å². The summed E-state index contributed by atoms with van der Waals surface area (Å²) in [6.07, 6.45) is -3.01. The van der Waals surface area contributed by atoms with Crippen molar-refractivity contribution < 1.29 is 30.8 Å². The van der Waals surface area contributed by atoms with Crippen LogP contribution in [0.3, 0.4) is 0 Å². The summed E-state index contributed by atoms with van der Waals surface area (Å²) in [7, 11) is -3.84. The van der Waals surface area contributed by atoms with Gasteiger partial charge in [-0.1, -0.05) is 11.6 Å². The van der Waals surface area contributed by atoms with Crippen LogP contribution in [0.25, 0.3) is 10.9 Å². The molecule has 0 radical (unpaired) electrons. The highest BCUT2D eigenvalue weighted by Crippen LogP contribution is 2.36. The number of sulfonamides is 1. The number of aryl methyl sites for hydroxylation is 1. The third-order valence-corrected chi connectivity index (χ3v) is 8.84. The first-order valence-electron chi connectivity index (χ1n) is 11.7. The van der Waals surface area contributed by atoms with Gasteiger partial charge in [0.25, 0.3) is 5.91 Å². The molecular weight excluding hydrogens is 536 g/mol. The van der Waals surface area contributed by atoms with E-state index in [2.05, 4.69) is 5.10 Å². The van der Waals surface area contributed by atoms with Crippen molar-refractivity contribution in [3.05, 3.63) is 63.6 Å². The van der Waals surface area contributed by atoms with Crippen molar-refractivity contribution >= 4 is 38.4 Å². The van der Waals surface area contributed by atoms with E-state index < -0.39 is 44.3 Å². The molecule has 5 rings (SSSR count). The van der Waals surface area contributed by atoms with Gasteiger partial charge in [-0.15, -0.1) is 0 Å². The van der Waals surface area contributed by atoms with Gasteiger partial charge >= 0.3 is 6.18 Å². The van der Waals surface area contributed by atoms with Crippen LogP contribution in [0.4, 0.5) is 17.6 Å². The Morgan fingerprint density at radius 2 is 1.92 bits per heavy atom. The number of amides is 1. The molecule has 3 aromatic rings. The zero-order valence-electron chi connectivity index (χ0n) is 19.6.